The zero-order chi connectivity index (χ0) is 25.1. The Morgan fingerprint density at radius 3 is 2.49 bits per heavy atom. The van der Waals surface area contributed by atoms with Crippen LogP contribution in [0.5, 0.6) is 0 Å². The largest absolute Gasteiger partial charge is 0.478 e. The van der Waals surface area contributed by atoms with E-state index >= 15 is 0 Å². The van der Waals surface area contributed by atoms with Crippen LogP contribution >= 0.6 is 0 Å². The number of carboxylic acid groups (broad SMARTS) is 1. The number of amides is 1. The van der Waals surface area contributed by atoms with Crippen molar-refractivity contribution in [1.82, 2.24) is 15.0 Å². The minimum atomic E-state index is -1.06. The van der Waals surface area contributed by atoms with Crippen molar-refractivity contribution in [2.45, 2.75) is 39.7 Å². The first kappa shape index (κ1) is 23.2. The second-order valence-corrected chi connectivity index (χ2v) is 9.36. The highest BCUT2D eigenvalue weighted by Gasteiger charge is 2.76. The van der Waals surface area contributed by atoms with Crippen molar-refractivity contribution in [3.05, 3.63) is 99.8 Å². The van der Waals surface area contributed by atoms with E-state index in [1.54, 1.807) is 25.1 Å². The number of aryl methyl sites for hydroxylation is 2. The zero-order valence-corrected chi connectivity index (χ0v) is 20.0. The predicted molar refractivity (Wildman–Crippen MR) is 132 cm³/mol. The monoisotopic (exact) mass is 473 g/mol. The number of benzene rings is 2. The molecule has 0 saturated carbocycles. The van der Waals surface area contributed by atoms with Crippen molar-refractivity contribution in [3.8, 4) is 0 Å². The second-order valence-electron chi connectivity index (χ2n) is 9.36. The summed E-state index contributed by atoms with van der Waals surface area (Å²) in [5.74, 6) is 4.66. The molecule has 2 heterocycles. The Hall–Kier alpha value is -3.56. The number of hydrazine groups is 2. The number of aliphatic hydroxyl groups is 1. The highest BCUT2D eigenvalue weighted by Crippen LogP contribution is 2.53. The Morgan fingerprint density at radius 2 is 1.80 bits per heavy atom. The summed E-state index contributed by atoms with van der Waals surface area (Å²) in [6, 6.07) is 12.6. The van der Waals surface area contributed by atoms with Crippen molar-refractivity contribution in [1.29, 1.82) is 0 Å². The van der Waals surface area contributed by atoms with Gasteiger partial charge < -0.3 is 10.2 Å². The third kappa shape index (κ3) is 3.37. The van der Waals surface area contributed by atoms with Gasteiger partial charge in [0.2, 0.25) is 0 Å². The molecule has 1 fully saturated rings. The van der Waals surface area contributed by atoms with E-state index in [9.17, 15) is 19.8 Å². The summed E-state index contributed by atoms with van der Waals surface area (Å²) in [7, 11) is 0. The molecule has 2 aromatic carbocycles. The number of carbonyl (C=O) groups excluding carboxylic acids is 1. The van der Waals surface area contributed by atoms with Crippen LogP contribution in [0.15, 0.2) is 77.5 Å². The maximum absolute atomic E-state index is 13.4. The van der Waals surface area contributed by atoms with E-state index in [1.807, 2.05) is 18.2 Å². The lowest BCUT2D eigenvalue weighted by atomic mass is 9.82. The Balaban J connectivity index is 1.45. The summed E-state index contributed by atoms with van der Waals surface area (Å²) in [5.41, 5.74) is 6.01. The first-order valence-electron chi connectivity index (χ1n) is 11.7. The molecule has 0 bridgehead atoms. The number of carbonyl (C=O) groups is 2. The fourth-order valence-electron chi connectivity index (χ4n) is 5.50. The number of aliphatic hydroxyl groups excluding tert-OH is 1. The van der Waals surface area contributed by atoms with Gasteiger partial charge in [-0.15, -0.1) is 0 Å². The Morgan fingerprint density at radius 1 is 1.11 bits per heavy atom. The lowest BCUT2D eigenvalue weighted by Crippen LogP contribution is -2.34. The molecule has 2 aromatic rings. The molecular formula is C27H29N4O4+. The number of rotatable bonds is 6. The molecule has 5 rings (SSSR count). The van der Waals surface area contributed by atoms with E-state index in [0.717, 1.165) is 12.8 Å². The smallest absolute Gasteiger partial charge is 0.335 e. The standard InChI is InChI=1S/C27H28N4O4/c1-16-7-4-8-17(2)22(16)14-13-19-9-6-12-23(25(19)32)24-18(3)31(29(26(24)33)30(31)28)21-11-5-10-20(15-21)27(34)35/h4-12,15,19,25,32H,13-14,28H2,1-3H3/p+1. The third-order valence-corrected chi connectivity index (χ3v) is 7.43. The number of aromatic carboxylic acids is 1. The molecule has 0 aromatic heterocycles. The van der Waals surface area contributed by atoms with E-state index in [-0.39, 0.29) is 22.1 Å². The second kappa shape index (κ2) is 8.28. The number of hydrogen-bond acceptors (Lipinski definition) is 5. The number of hydrogen-bond donors (Lipinski definition) is 3. The molecule has 1 aliphatic carbocycles. The van der Waals surface area contributed by atoms with Crippen LogP contribution in [0.25, 0.3) is 0 Å². The molecule has 2 aliphatic heterocycles. The van der Waals surface area contributed by atoms with E-state index in [0.29, 0.717) is 22.5 Å². The van der Waals surface area contributed by atoms with Gasteiger partial charge in [-0.1, -0.05) is 42.5 Å². The fourth-order valence-corrected chi connectivity index (χ4v) is 5.50. The van der Waals surface area contributed by atoms with Gasteiger partial charge in [-0.2, -0.15) is 5.84 Å². The molecule has 0 radical (unpaired) electrons. The van der Waals surface area contributed by atoms with Crippen molar-refractivity contribution in [3.63, 3.8) is 0 Å². The van der Waals surface area contributed by atoms with E-state index in [1.165, 1.54) is 39.2 Å². The van der Waals surface area contributed by atoms with Crippen LogP contribution in [0.4, 0.5) is 5.69 Å². The quantitative estimate of drug-likeness (QED) is 0.337. The van der Waals surface area contributed by atoms with Gasteiger partial charge in [-0.25, -0.2) is 4.79 Å². The van der Waals surface area contributed by atoms with Crippen molar-refractivity contribution >= 4 is 17.6 Å². The molecule has 4 atom stereocenters. The lowest BCUT2D eigenvalue weighted by molar-refractivity contribution is -0.125. The van der Waals surface area contributed by atoms with Gasteiger partial charge in [0.1, 0.15) is 5.57 Å². The van der Waals surface area contributed by atoms with Crippen LogP contribution in [0, 0.1) is 19.8 Å². The summed E-state index contributed by atoms with van der Waals surface area (Å²) in [6.45, 7) is 6.00. The highest BCUT2D eigenvalue weighted by molar-refractivity contribution is 6.04. The predicted octanol–water partition coefficient (Wildman–Crippen LogP) is 3.47. The average molecular weight is 474 g/mol. The number of allylic oxidation sites excluding steroid dienone is 3. The van der Waals surface area contributed by atoms with Crippen LogP contribution in [0.1, 0.15) is 40.4 Å². The van der Waals surface area contributed by atoms with Crippen molar-refractivity contribution in [2.75, 3.05) is 0 Å². The molecule has 0 spiro atoms. The lowest BCUT2D eigenvalue weighted by Gasteiger charge is -2.26. The molecule has 8 nitrogen and oxygen atoms in total. The zero-order valence-electron chi connectivity index (χ0n) is 20.0. The average Bonchev–Trinajstić information content (AvgIpc) is 3.38. The molecule has 35 heavy (non-hydrogen) atoms. The number of nitrogens with two attached hydrogens (primary N) is 1. The van der Waals surface area contributed by atoms with E-state index in [4.69, 9.17) is 5.84 Å². The van der Waals surface area contributed by atoms with Gasteiger partial charge in [0.25, 0.3) is 0 Å². The van der Waals surface area contributed by atoms with Gasteiger partial charge in [0.05, 0.1) is 16.9 Å². The third-order valence-electron chi connectivity index (χ3n) is 7.43. The van der Waals surface area contributed by atoms with Crippen LogP contribution in [-0.2, 0) is 11.2 Å². The van der Waals surface area contributed by atoms with Crippen molar-refractivity contribution in [2.24, 2.45) is 11.8 Å². The molecule has 4 unspecified atom stereocenters. The Bertz CT molecular complexity index is 1320. The fraction of sp³-hybridized carbons (Fsp3) is 0.259. The SMILES string of the molecule is CC1=C(C2=CC=CC(CCc3c(C)cccc3C)C2O)C(=O)N2N(N)[N+]12c1cccc(C(=O)O)c1. The van der Waals surface area contributed by atoms with Gasteiger partial charge in [0.15, 0.2) is 11.4 Å². The van der Waals surface area contributed by atoms with Crippen molar-refractivity contribution < 1.29 is 19.8 Å². The number of carboxylic acids is 1. The van der Waals surface area contributed by atoms with Crippen LogP contribution < -0.4 is 10.5 Å². The summed E-state index contributed by atoms with van der Waals surface area (Å²) in [4.78, 5) is 24.9. The maximum Gasteiger partial charge on any atom is 0.335 e. The Labute approximate surface area is 203 Å². The minimum Gasteiger partial charge on any atom is -0.478 e. The molecule has 4 N–H and O–H groups in total. The Kier molecular flexibility index (Phi) is 5.49. The molecule has 1 saturated heterocycles. The summed E-state index contributed by atoms with van der Waals surface area (Å²) < 4.78 is -0.198. The van der Waals surface area contributed by atoms with Gasteiger partial charge in [-0.3, -0.25) is 4.79 Å². The number of fused-ring (bicyclic) bond motifs is 1. The molecule has 180 valence electrons. The number of quaternary nitrogens is 1. The van der Waals surface area contributed by atoms with Crippen LogP contribution in [-0.4, -0.2) is 38.5 Å². The summed E-state index contributed by atoms with van der Waals surface area (Å²) >= 11 is 0. The van der Waals surface area contributed by atoms with Crippen LogP contribution in [0.2, 0.25) is 0 Å². The van der Waals surface area contributed by atoms with Gasteiger partial charge in [-0.05, 0) is 64.8 Å². The molecule has 1 amide bonds. The first-order chi connectivity index (χ1) is 16.7. The van der Waals surface area contributed by atoms with E-state index < -0.39 is 12.1 Å². The van der Waals surface area contributed by atoms with Gasteiger partial charge >= 0.3 is 11.9 Å². The highest BCUT2D eigenvalue weighted by atomic mass is 16.4. The normalized spacial score (nSPS) is 27.2. The molecule has 8 heteroatoms. The van der Waals surface area contributed by atoms with Gasteiger partial charge in [0, 0.05) is 25.0 Å². The maximum atomic E-state index is 13.4. The topological polar surface area (TPSA) is 107 Å². The molecule has 3 aliphatic rings. The summed E-state index contributed by atoms with van der Waals surface area (Å²) in [6.07, 6.45) is 6.41. The van der Waals surface area contributed by atoms with Crippen LogP contribution in [0.3, 0.4) is 0 Å². The minimum absolute atomic E-state index is 0.107. The van der Waals surface area contributed by atoms with E-state index in [2.05, 4.69) is 26.0 Å². The number of nitrogens with zero attached hydrogens (tertiary/aromatic N) is 3. The molecular weight excluding hydrogens is 444 g/mol. The summed E-state index contributed by atoms with van der Waals surface area (Å²) in [5, 5.41) is 23.4. The first-order valence-corrected chi connectivity index (χ1v) is 11.7.